The first-order valence-corrected chi connectivity index (χ1v) is 8.93. The van der Waals surface area contributed by atoms with Crippen LogP contribution in [0.1, 0.15) is 20.9 Å². The number of carbonyl (C=O) groups excluding carboxylic acids is 1. The Morgan fingerprint density at radius 3 is 2.83 bits per heavy atom. The lowest BCUT2D eigenvalue weighted by Crippen LogP contribution is -2.13. The van der Waals surface area contributed by atoms with Gasteiger partial charge in [-0.1, -0.05) is 17.4 Å². The first-order chi connectivity index (χ1) is 11.6. The number of hydrogen-bond acceptors (Lipinski definition) is 6. The third kappa shape index (κ3) is 2.72. The predicted molar refractivity (Wildman–Crippen MR) is 96.9 cm³/mol. The van der Waals surface area contributed by atoms with Crippen LogP contribution < -0.4 is 5.32 Å². The molecule has 0 atom stereocenters. The molecule has 1 amide bonds. The number of amides is 1. The number of anilines is 1. The number of fused-ring (bicyclic) bond motifs is 1. The molecule has 5 nitrogen and oxygen atoms in total. The van der Waals surface area contributed by atoms with E-state index in [1.165, 1.54) is 28.2 Å². The fourth-order valence-corrected chi connectivity index (χ4v) is 4.19. The molecule has 3 aromatic heterocycles. The van der Waals surface area contributed by atoms with Crippen molar-refractivity contribution in [3.05, 3.63) is 52.7 Å². The number of aromatic nitrogens is 2. The number of nitrogens with one attached hydrogen (secondary N) is 1. The molecule has 0 bridgehead atoms. The van der Waals surface area contributed by atoms with Crippen molar-refractivity contribution in [2.24, 2.45) is 0 Å². The van der Waals surface area contributed by atoms with Crippen LogP contribution in [0.3, 0.4) is 0 Å². The average molecular weight is 355 g/mol. The van der Waals surface area contributed by atoms with Crippen LogP contribution in [0.5, 0.6) is 0 Å². The minimum absolute atomic E-state index is 0.252. The first kappa shape index (κ1) is 15.0. The highest BCUT2D eigenvalue weighted by Crippen LogP contribution is 2.30. The highest BCUT2D eigenvalue weighted by atomic mass is 32.1. The molecule has 4 aromatic rings. The maximum atomic E-state index is 12.5. The van der Waals surface area contributed by atoms with E-state index in [1.807, 2.05) is 32.0 Å². The van der Waals surface area contributed by atoms with Gasteiger partial charge >= 0.3 is 0 Å². The van der Waals surface area contributed by atoms with Gasteiger partial charge in [0.05, 0.1) is 16.5 Å². The Hall–Kier alpha value is -2.51. The van der Waals surface area contributed by atoms with Gasteiger partial charge in [-0.05, 0) is 43.7 Å². The summed E-state index contributed by atoms with van der Waals surface area (Å²) in [4.78, 5) is 22.2. The molecule has 1 aromatic carbocycles. The SMILES string of the molecule is Cc1ccc2nc(NC(=O)c3nc(-c4ccco4)sc3C)sc2c1. The average Bonchev–Trinajstić information content (AvgIpc) is 3.25. The van der Waals surface area contributed by atoms with E-state index in [0.29, 0.717) is 21.6 Å². The molecule has 3 heterocycles. The number of furan rings is 1. The zero-order valence-corrected chi connectivity index (χ0v) is 14.6. The molecule has 0 radical (unpaired) electrons. The largest absolute Gasteiger partial charge is 0.462 e. The van der Waals surface area contributed by atoms with Gasteiger partial charge in [-0.25, -0.2) is 9.97 Å². The number of rotatable bonds is 3. The summed E-state index contributed by atoms with van der Waals surface area (Å²) in [7, 11) is 0. The predicted octanol–water partition coefficient (Wildman–Crippen LogP) is 4.88. The molecule has 0 aliphatic carbocycles. The summed E-state index contributed by atoms with van der Waals surface area (Å²) < 4.78 is 6.40. The summed E-state index contributed by atoms with van der Waals surface area (Å²) in [6, 6.07) is 9.66. The molecule has 0 aliphatic rings. The second-order valence-corrected chi connectivity index (χ2v) is 7.58. The van der Waals surface area contributed by atoms with Crippen LogP contribution in [0.15, 0.2) is 41.0 Å². The van der Waals surface area contributed by atoms with Gasteiger partial charge in [-0.3, -0.25) is 10.1 Å². The van der Waals surface area contributed by atoms with Crippen LogP contribution in [0.25, 0.3) is 21.0 Å². The second kappa shape index (κ2) is 5.85. The van der Waals surface area contributed by atoms with Crippen molar-refractivity contribution in [2.45, 2.75) is 13.8 Å². The second-order valence-electron chi connectivity index (χ2n) is 5.35. The van der Waals surface area contributed by atoms with Crippen molar-refractivity contribution in [1.29, 1.82) is 0 Å². The summed E-state index contributed by atoms with van der Waals surface area (Å²) in [5.74, 6) is 0.412. The molecule has 0 spiro atoms. The van der Waals surface area contributed by atoms with E-state index in [2.05, 4.69) is 21.4 Å². The molecule has 0 saturated carbocycles. The van der Waals surface area contributed by atoms with Crippen molar-refractivity contribution in [3.8, 4) is 10.8 Å². The van der Waals surface area contributed by atoms with Crippen molar-refractivity contribution in [1.82, 2.24) is 9.97 Å². The van der Waals surface area contributed by atoms with Gasteiger partial charge in [0.1, 0.15) is 5.69 Å². The van der Waals surface area contributed by atoms with E-state index >= 15 is 0 Å². The van der Waals surface area contributed by atoms with Gasteiger partial charge in [0.2, 0.25) is 0 Å². The van der Waals surface area contributed by atoms with Crippen LogP contribution in [0, 0.1) is 13.8 Å². The molecule has 7 heteroatoms. The van der Waals surface area contributed by atoms with Crippen LogP contribution in [-0.2, 0) is 0 Å². The Kier molecular flexibility index (Phi) is 3.66. The van der Waals surface area contributed by atoms with Gasteiger partial charge in [0, 0.05) is 4.88 Å². The zero-order chi connectivity index (χ0) is 16.7. The monoisotopic (exact) mass is 355 g/mol. The lowest BCUT2D eigenvalue weighted by atomic mass is 10.2. The third-order valence-corrected chi connectivity index (χ3v) is 5.43. The van der Waals surface area contributed by atoms with Crippen LogP contribution in [-0.4, -0.2) is 15.9 Å². The number of hydrogen-bond donors (Lipinski definition) is 1. The number of nitrogens with zero attached hydrogens (tertiary/aromatic N) is 2. The maximum absolute atomic E-state index is 12.5. The molecule has 24 heavy (non-hydrogen) atoms. The van der Waals surface area contributed by atoms with Crippen molar-refractivity contribution < 1.29 is 9.21 Å². The maximum Gasteiger partial charge on any atom is 0.277 e. The number of benzene rings is 1. The minimum atomic E-state index is -0.252. The standard InChI is InChI=1S/C17H13N3O2S2/c1-9-5-6-11-13(8-9)24-17(18-11)20-15(21)14-10(2)23-16(19-14)12-4-3-7-22-12/h3-8H,1-2H3,(H,18,20,21). The molecule has 120 valence electrons. The third-order valence-electron chi connectivity index (χ3n) is 3.51. The Morgan fingerprint density at radius 1 is 1.17 bits per heavy atom. The van der Waals surface area contributed by atoms with Gasteiger partial charge in [-0.15, -0.1) is 11.3 Å². The van der Waals surface area contributed by atoms with E-state index < -0.39 is 0 Å². The van der Waals surface area contributed by atoms with Crippen molar-refractivity contribution in [3.63, 3.8) is 0 Å². The van der Waals surface area contributed by atoms with Gasteiger partial charge in [0.25, 0.3) is 5.91 Å². The Labute approximate surface area is 146 Å². The summed E-state index contributed by atoms with van der Waals surface area (Å²) in [6.07, 6.45) is 1.59. The van der Waals surface area contributed by atoms with Crippen LogP contribution in [0.4, 0.5) is 5.13 Å². The number of aryl methyl sites for hydroxylation is 2. The normalized spacial score (nSPS) is 11.1. The highest BCUT2D eigenvalue weighted by molar-refractivity contribution is 7.22. The molecule has 1 N–H and O–H groups in total. The summed E-state index contributed by atoms with van der Waals surface area (Å²) in [5.41, 5.74) is 2.46. The Balaban J connectivity index is 1.61. The van der Waals surface area contributed by atoms with Gasteiger partial charge < -0.3 is 4.42 Å². The molecule has 0 unspecified atom stereocenters. The molecular formula is C17H13N3O2S2. The van der Waals surface area contributed by atoms with Crippen molar-refractivity contribution in [2.75, 3.05) is 5.32 Å². The van der Waals surface area contributed by atoms with E-state index in [4.69, 9.17) is 4.42 Å². The van der Waals surface area contributed by atoms with Gasteiger partial charge in [-0.2, -0.15) is 0 Å². The molecule has 4 rings (SSSR count). The quantitative estimate of drug-likeness (QED) is 0.568. The fraction of sp³-hybridized carbons (Fsp3) is 0.118. The summed E-state index contributed by atoms with van der Waals surface area (Å²) >= 11 is 2.89. The lowest BCUT2D eigenvalue weighted by Gasteiger charge is -1.98. The zero-order valence-electron chi connectivity index (χ0n) is 13.0. The molecule has 0 aliphatic heterocycles. The smallest absolute Gasteiger partial charge is 0.277 e. The van der Waals surface area contributed by atoms with E-state index in [1.54, 1.807) is 12.3 Å². The summed E-state index contributed by atoms with van der Waals surface area (Å²) in [5, 5.41) is 4.12. The highest BCUT2D eigenvalue weighted by Gasteiger charge is 2.18. The fourth-order valence-electron chi connectivity index (χ4n) is 2.35. The lowest BCUT2D eigenvalue weighted by molar-refractivity contribution is 0.102. The molecule has 0 saturated heterocycles. The Morgan fingerprint density at radius 2 is 2.04 bits per heavy atom. The first-order valence-electron chi connectivity index (χ1n) is 7.30. The van der Waals surface area contributed by atoms with Crippen molar-refractivity contribution >= 4 is 43.9 Å². The molecular weight excluding hydrogens is 342 g/mol. The topological polar surface area (TPSA) is 68.0 Å². The van der Waals surface area contributed by atoms with E-state index in [9.17, 15) is 4.79 Å². The van der Waals surface area contributed by atoms with Crippen LogP contribution in [0.2, 0.25) is 0 Å². The number of carbonyl (C=O) groups is 1. The molecule has 0 fully saturated rings. The number of thiazole rings is 2. The van der Waals surface area contributed by atoms with E-state index in [0.717, 1.165) is 15.1 Å². The Bertz CT molecular complexity index is 1030. The minimum Gasteiger partial charge on any atom is -0.462 e. The van der Waals surface area contributed by atoms with E-state index in [-0.39, 0.29) is 5.91 Å². The van der Waals surface area contributed by atoms with Crippen LogP contribution >= 0.6 is 22.7 Å². The summed E-state index contributed by atoms with van der Waals surface area (Å²) in [6.45, 7) is 3.91. The van der Waals surface area contributed by atoms with Gasteiger partial charge in [0.15, 0.2) is 15.9 Å².